The van der Waals surface area contributed by atoms with Gasteiger partial charge in [0.15, 0.2) is 0 Å². The zero-order valence-electron chi connectivity index (χ0n) is 10.7. The van der Waals surface area contributed by atoms with Crippen LogP contribution >= 0.6 is 11.6 Å². The lowest BCUT2D eigenvalue weighted by atomic mass is 9.99. The van der Waals surface area contributed by atoms with Crippen molar-refractivity contribution < 1.29 is 5.11 Å². The van der Waals surface area contributed by atoms with Crippen LogP contribution in [0.5, 0.6) is 0 Å². The molecule has 4 nitrogen and oxygen atoms in total. The molecule has 5 heteroatoms. The number of hydrogen-bond donors (Lipinski definition) is 2. The first-order chi connectivity index (χ1) is 8.72. The van der Waals surface area contributed by atoms with Crippen LogP contribution in [0.25, 0.3) is 0 Å². The fraction of sp³-hybridized carbons (Fsp3) is 0.615. The van der Waals surface area contributed by atoms with E-state index in [0.29, 0.717) is 10.9 Å². The van der Waals surface area contributed by atoms with Crippen LogP contribution in [0.1, 0.15) is 18.5 Å². The number of halogens is 1. The van der Waals surface area contributed by atoms with Crippen LogP contribution in [-0.4, -0.2) is 41.7 Å². The van der Waals surface area contributed by atoms with Gasteiger partial charge in [0.25, 0.3) is 0 Å². The van der Waals surface area contributed by atoms with E-state index in [0.717, 1.165) is 44.0 Å². The summed E-state index contributed by atoms with van der Waals surface area (Å²) in [7, 11) is 1.85. The Balaban J connectivity index is 2.04. The molecule has 100 valence electrons. The fourth-order valence-electron chi connectivity index (χ4n) is 2.39. The van der Waals surface area contributed by atoms with Crippen molar-refractivity contribution in [2.75, 3.05) is 32.1 Å². The lowest BCUT2D eigenvalue weighted by Gasteiger charge is -2.31. The molecule has 1 aromatic heterocycles. The molecule has 1 unspecified atom stereocenters. The summed E-state index contributed by atoms with van der Waals surface area (Å²) in [6, 6.07) is 3.75. The Morgan fingerprint density at radius 1 is 1.56 bits per heavy atom. The average Bonchev–Trinajstić information content (AvgIpc) is 2.41. The maximum absolute atomic E-state index is 9.23. The first-order valence-corrected chi connectivity index (χ1v) is 6.77. The SMILES string of the molecule is CNc1ccc(Cl)c(CN2CCCC(CO)C2)n1. The molecule has 1 aromatic rings. The molecule has 0 bridgehead atoms. The third-order valence-electron chi connectivity index (χ3n) is 3.41. The lowest BCUT2D eigenvalue weighted by Crippen LogP contribution is -2.36. The Bertz CT molecular complexity index is 400. The molecule has 0 aliphatic carbocycles. The van der Waals surface area contributed by atoms with Gasteiger partial charge in [-0.3, -0.25) is 4.90 Å². The van der Waals surface area contributed by atoms with Crippen molar-refractivity contribution >= 4 is 17.4 Å². The van der Waals surface area contributed by atoms with Crippen molar-refractivity contribution in [2.45, 2.75) is 19.4 Å². The Morgan fingerprint density at radius 2 is 2.39 bits per heavy atom. The predicted molar refractivity (Wildman–Crippen MR) is 73.9 cm³/mol. The highest BCUT2D eigenvalue weighted by Crippen LogP contribution is 2.22. The molecule has 1 fully saturated rings. The molecule has 2 rings (SSSR count). The van der Waals surface area contributed by atoms with Crippen LogP contribution in [0.15, 0.2) is 12.1 Å². The topological polar surface area (TPSA) is 48.4 Å². The molecule has 0 spiro atoms. The summed E-state index contributed by atoms with van der Waals surface area (Å²) in [6.07, 6.45) is 2.25. The molecule has 0 saturated carbocycles. The molecule has 2 N–H and O–H groups in total. The second-order valence-electron chi connectivity index (χ2n) is 4.80. The minimum Gasteiger partial charge on any atom is -0.396 e. The van der Waals surface area contributed by atoms with E-state index in [1.54, 1.807) is 0 Å². The summed E-state index contributed by atoms with van der Waals surface area (Å²) >= 11 is 6.18. The van der Waals surface area contributed by atoms with E-state index in [2.05, 4.69) is 15.2 Å². The molecular weight excluding hydrogens is 250 g/mol. The van der Waals surface area contributed by atoms with Gasteiger partial charge in [-0.15, -0.1) is 0 Å². The second kappa shape index (κ2) is 6.36. The van der Waals surface area contributed by atoms with Crippen LogP contribution in [0.4, 0.5) is 5.82 Å². The first-order valence-electron chi connectivity index (χ1n) is 6.39. The third kappa shape index (κ3) is 3.34. The maximum atomic E-state index is 9.23. The van der Waals surface area contributed by atoms with Gasteiger partial charge in [0.1, 0.15) is 5.82 Å². The quantitative estimate of drug-likeness (QED) is 0.878. The third-order valence-corrected chi connectivity index (χ3v) is 3.75. The van der Waals surface area contributed by atoms with Crippen molar-refractivity contribution in [1.82, 2.24) is 9.88 Å². The van der Waals surface area contributed by atoms with Crippen LogP contribution in [0.2, 0.25) is 5.02 Å². The monoisotopic (exact) mass is 269 g/mol. The summed E-state index contributed by atoms with van der Waals surface area (Å²) in [5.74, 6) is 1.23. The molecule has 2 heterocycles. The molecule has 1 aliphatic rings. The normalized spacial score (nSPS) is 20.9. The number of piperidine rings is 1. The largest absolute Gasteiger partial charge is 0.396 e. The molecule has 1 aliphatic heterocycles. The van der Waals surface area contributed by atoms with E-state index in [1.165, 1.54) is 0 Å². The van der Waals surface area contributed by atoms with E-state index < -0.39 is 0 Å². The summed E-state index contributed by atoms with van der Waals surface area (Å²) in [6.45, 7) is 3.01. The molecule has 18 heavy (non-hydrogen) atoms. The van der Waals surface area contributed by atoms with Crippen LogP contribution in [0, 0.1) is 5.92 Å². The number of hydrogen-bond acceptors (Lipinski definition) is 4. The van der Waals surface area contributed by atoms with E-state index in [-0.39, 0.29) is 6.61 Å². The minimum atomic E-state index is 0.272. The van der Waals surface area contributed by atoms with Crippen molar-refractivity contribution in [1.29, 1.82) is 0 Å². The summed E-state index contributed by atoms with van der Waals surface area (Å²) in [5, 5.41) is 13.0. The summed E-state index contributed by atoms with van der Waals surface area (Å²) in [4.78, 5) is 6.81. The van der Waals surface area contributed by atoms with Crippen molar-refractivity contribution in [3.05, 3.63) is 22.8 Å². The van der Waals surface area contributed by atoms with Gasteiger partial charge in [-0.05, 0) is 37.4 Å². The Labute approximate surface area is 113 Å². The average molecular weight is 270 g/mol. The van der Waals surface area contributed by atoms with Gasteiger partial charge in [-0.25, -0.2) is 4.98 Å². The van der Waals surface area contributed by atoms with Crippen molar-refractivity contribution in [2.24, 2.45) is 5.92 Å². The van der Waals surface area contributed by atoms with Gasteiger partial charge in [-0.1, -0.05) is 11.6 Å². The molecule has 0 radical (unpaired) electrons. The van der Waals surface area contributed by atoms with Gasteiger partial charge in [0, 0.05) is 26.7 Å². The van der Waals surface area contributed by atoms with E-state index in [9.17, 15) is 5.11 Å². The molecule has 1 saturated heterocycles. The van der Waals surface area contributed by atoms with Crippen molar-refractivity contribution in [3.8, 4) is 0 Å². The number of pyridine rings is 1. The molecule has 0 aromatic carbocycles. The smallest absolute Gasteiger partial charge is 0.126 e. The number of aromatic nitrogens is 1. The van der Waals surface area contributed by atoms with E-state index >= 15 is 0 Å². The second-order valence-corrected chi connectivity index (χ2v) is 5.21. The Kier molecular flexibility index (Phi) is 4.80. The van der Waals surface area contributed by atoms with E-state index in [1.807, 2.05) is 19.2 Å². The number of aliphatic hydroxyl groups is 1. The highest BCUT2D eigenvalue weighted by atomic mass is 35.5. The maximum Gasteiger partial charge on any atom is 0.126 e. The Hall–Kier alpha value is -0.840. The van der Waals surface area contributed by atoms with E-state index in [4.69, 9.17) is 11.6 Å². The lowest BCUT2D eigenvalue weighted by molar-refractivity contribution is 0.115. The zero-order valence-corrected chi connectivity index (χ0v) is 11.5. The number of rotatable bonds is 4. The zero-order chi connectivity index (χ0) is 13.0. The number of anilines is 1. The number of nitrogens with one attached hydrogen (secondary N) is 1. The van der Waals surface area contributed by atoms with Gasteiger partial charge < -0.3 is 10.4 Å². The standard InChI is InChI=1S/C13H20ClN3O/c1-15-13-5-4-11(14)12(16-13)8-17-6-2-3-10(7-17)9-18/h4-5,10,18H,2-3,6-9H2,1H3,(H,15,16). The van der Waals surface area contributed by atoms with Crippen LogP contribution in [0.3, 0.4) is 0 Å². The van der Waals surface area contributed by atoms with Crippen LogP contribution in [-0.2, 0) is 6.54 Å². The first kappa shape index (κ1) is 13.6. The van der Waals surface area contributed by atoms with Crippen molar-refractivity contribution in [3.63, 3.8) is 0 Å². The summed E-state index contributed by atoms with van der Waals surface area (Å²) < 4.78 is 0. The predicted octanol–water partition coefficient (Wildman–Crippen LogP) is 1.98. The molecule has 1 atom stereocenters. The minimum absolute atomic E-state index is 0.272. The highest BCUT2D eigenvalue weighted by molar-refractivity contribution is 6.31. The number of likely N-dealkylation sites (tertiary alicyclic amines) is 1. The van der Waals surface area contributed by atoms with Gasteiger partial charge >= 0.3 is 0 Å². The van der Waals surface area contributed by atoms with Crippen LogP contribution < -0.4 is 5.32 Å². The number of aliphatic hydroxyl groups excluding tert-OH is 1. The summed E-state index contributed by atoms with van der Waals surface area (Å²) in [5.41, 5.74) is 0.905. The van der Waals surface area contributed by atoms with Gasteiger partial charge in [0.05, 0.1) is 10.7 Å². The van der Waals surface area contributed by atoms with Gasteiger partial charge in [-0.2, -0.15) is 0 Å². The molecule has 0 amide bonds. The van der Waals surface area contributed by atoms with Gasteiger partial charge in [0.2, 0.25) is 0 Å². The Morgan fingerprint density at radius 3 is 3.11 bits per heavy atom. The highest BCUT2D eigenvalue weighted by Gasteiger charge is 2.20. The fourth-order valence-corrected chi connectivity index (χ4v) is 2.56. The molecular formula is C13H20ClN3O. The number of nitrogens with zero attached hydrogens (tertiary/aromatic N) is 2.